The lowest BCUT2D eigenvalue weighted by Gasteiger charge is -2.38. The third kappa shape index (κ3) is 1.96. The molecule has 94 valence electrons. The minimum absolute atomic E-state index is 0.529. The van der Waals surface area contributed by atoms with Gasteiger partial charge < -0.3 is 4.90 Å². The SMILES string of the molecule is CCc1cc(C)nc(N2CC(c3ccn[nH]3)C2)n1. The fraction of sp³-hybridized carbons (Fsp3) is 0.462. The third-order valence-electron chi connectivity index (χ3n) is 3.38. The average Bonchev–Trinajstić information content (AvgIpc) is 2.80. The number of aromatic nitrogens is 4. The Hall–Kier alpha value is -1.91. The first kappa shape index (κ1) is 11.2. The van der Waals surface area contributed by atoms with Gasteiger partial charge >= 0.3 is 0 Å². The summed E-state index contributed by atoms with van der Waals surface area (Å²) >= 11 is 0. The van der Waals surface area contributed by atoms with E-state index in [1.165, 1.54) is 5.69 Å². The monoisotopic (exact) mass is 243 g/mol. The van der Waals surface area contributed by atoms with Crippen molar-refractivity contribution >= 4 is 5.95 Å². The van der Waals surface area contributed by atoms with Crippen LogP contribution in [0.5, 0.6) is 0 Å². The van der Waals surface area contributed by atoms with Crippen molar-refractivity contribution in [2.75, 3.05) is 18.0 Å². The maximum Gasteiger partial charge on any atom is 0.225 e. The van der Waals surface area contributed by atoms with Crippen LogP contribution in [0.1, 0.15) is 29.9 Å². The second-order valence-corrected chi connectivity index (χ2v) is 4.77. The number of hydrogen-bond acceptors (Lipinski definition) is 4. The molecule has 0 spiro atoms. The highest BCUT2D eigenvalue weighted by molar-refractivity contribution is 5.39. The molecular formula is C13H17N5. The Morgan fingerprint density at radius 3 is 2.89 bits per heavy atom. The van der Waals surface area contributed by atoms with Crippen LogP contribution in [0.25, 0.3) is 0 Å². The number of anilines is 1. The molecule has 1 fully saturated rings. The summed E-state index contributed by atoms with van der Waals surface area (Å²) in [6, 6.07) is 4.09. The molecule has 5 heteroatoms. The van der Waals surface area contributed by atoms with Crippen LogP contribution in [0.2, 0.25) is 0 Å². The van der Waals surface area contributed by atoms with Gasteiger partial charge in [0.2, 0.25) is 5.95 Å². The summed E-state index contributed by atoms with van der Waals surface area (Å²) in [6.45, 7) is 6.08. The molecule has 0 radical (unpaired) electrons. The Balaban J connectivity index is 1.73. The van der Waals surface area contributed by atoms with Gasteiger partial charge in [0, 0.05) is 42.3 Å². The van der Waals surface area contributed by atoms with Crippen LogP contribution >= 0.6 is 0 Å². The van der Waals surface area contributed by atoms with Gasteiger partial charge in [0.25, 0.3) is 0 Å². The summed E-state index contributed by atoms with van der Waals surface area (Å²) in [4.78, 5) is 11.3. The van der Waals surface area contributed by atoms with E-state index in [1.54, 1.807) is 6.20 Å². The molecule has 0 unspecified atom stereocenters. The first-order chi connectivity index (χ1) is 8.76. The van der Waals surface area contributed by atoms with Gasteiger partial charge in [-0.25, -0.2) is 9.97 Å². The Morgan fingerprint density at radius 2 is 2.22 bits per heavy atom. The van der Waals surface area contributed by atoms with E-state index < -0.39 is 0 Å². The van der Waals surface area contributed by atoms with Crippen molar-refractivity contribution in [1.29, 1.82) is 0 Å². The normalized spacial score (nSPS) is 15.8. The van der Waals surface area contributed by atoms with E-state index in [4.69, 9.17) is 0 Å². The van der Waals surface area contributed by atoms with Crippen LogP contribution in [0.3, 0.4) is 0 Å². The minimum Gasteiger partial charge on any atom is -0.339 e. The van der Waals surface area contributed by atoms with Gasteiger partial charge in [-0.2, -0.15) is 5.10 Å². The minimum atomic E-state index is 0.529. The largest absolute Gasteiger partial charge is 0.339 e. The highest BCUT2D eigenvalue weighted by atomic mass is 15.3. The summed E-state index contributed by atoms with van der Waals surface area (Å²) in [5.41, 5.74) is 3.36. The number of rotatable bonds is 3. The fourth-order valence-electron chi connectivity index (χ4n) is 2.27. The van der Waals surface area contributed by atoms with Crippen LogP contribution in [0, 0.1) is 6.92 Å². The van der Waals surface area contributed by atoms with Gasteiger partial charge in [-0.3, -0.25) is 5.10 Å². The Morgan fingerprint density at radius 1 is 1.39 bits per heavy atom. The highest BCUT2D eigenvalue weighted by Crippen LogP contribution is 2.28. The summed E-state index contributed by atoms with van der Waals surface area (Å²) in [5, 5.41) is 7.02. The lowest BCUT2D eigenvalue weighted by atomic mass is 9.97. The molecule has 2 aromatic heterocycles. The molecule has 18 heavy (non-hydrogen) atoms. The molecule has 1 saturated heterocycles. The van der Waals surface area contributed by atoms with Crippen molar-refractivity contribution in [3.8, 4) is 0 Å². The van der Waals surface area contributed by atoms with E-state index in [0.29, 0.717) is 5.92 Å². The molecule has 2 aromatic rings. The van der Waals surface area contributed by atoms with Crippen LogP contribution in [0.4, 0.5) is 5.95 Å². The predicted molar refractivity (Wildman–Crippen MR) is 69.7 cm³/mol. The van der Waals surface area contributed by atoms with Gasteiger partial charge in [0.05, 0.1) is 0 Å². The van der Waals surface area contributed by atoms with Crippen molar-refractivity contribution in [2.24, 2.45) is 0 Å². The molecule has 3 heterocycles. The summed E-state index contributed by atoms with van der Waals surface area (Å²) < 4.78 is 0. The van der Waals surface area contributed by atoms with E-state index in [2.05, 4.69) is 38.1 Å². The topological polar surface area (TPSA) is 57.7 Å². The van der Waals surface area contributed by atoms with Gasteiger partial charge in [-0.15, -0.1) is 0 Å². The number of nitrogens with one attached hydrogen (secondary N) is 1. The molecule has 0 bridgehead atoms. The summed E-state index contributed by atoms with van der Waals surface area (Å²) in [5.74, 6) is 1.39. The maximum atomic E-state index is 4.58. The molecule has 0 saturated carbocycles. The zero-order chi connectivity index (χ0) is 12.5. The van der Waals surface area contributed by atoms with Crippen LogP contribution in [-0.4, -0.2) is 33.3 Å². The molecule has 3 rings (SSSR count). The Kier molecular flexibility index (Phi) is 2.74. The standard InChI is InChI=1S/C13H17N5/c1-3-11-6-9(2)15-13(16-11)18-7-10(8-18)12-4-5-14-17-12/h4-6,10H,3,7-8H2,1-2H3,(H,14,17). The lowest BCUT2D eigenvalue weighted by molar-refractivity contribution is 0.501. The van der Waals surface area contributed by atoms with Gasteiger partial charge in [-0.05, 0) is 25.5 Å². The van der Waals surface area contributed by atoms with Gasteiger partial charge in [0.15, 0.2) is 0 Å². The Bertz CT molecular complexity index is 528. The van der Waals surface area contributed by atoms with Crippen LogP contribution in [0.15, 0.2) is 18.3 Å². The molecule has 0 aromatic carbocycles. The van der Waals surface area contributed by atoms with E-state index in [9.17, 15) is 0 Å². The van der Waals surface area contributed by atoms with E-state index >= 15 is 0 Å². The number of nitrogens with zero attached hydrogens (tertiary/aromatic N) is 4. The fourth-order valence-corrected chi connectivity index (χ4v) is 2.27. The van der Waals surface area contributed by atoms with Crippen molar-refractivity contribution in [2.45, 2.75) is 26.2 Å². The van der Waals surface area contributed by atoms with Gasteiger partial charge in [0.1, 0.15) is 0 Å². The molecule has 0 amide bonds. The van der Waals surface area contributed by atoms with E-state index in [-0.39, 0.29) is 0 Å². The van der Waals surface area contributed by atoms with E-state index in [1.807, 2.05) is 13.0 Å². The third-order valence-corrected chi connectivity index (χ3v) is 3.38. The molecule has 0 aliphatic carbocycles. The first-order valence-corrected chi connectivity index (χ1v) is 6.35. The maximum absolute atomic E-state index is 4.58. The zero-order valence-corrected chi connectivity index (χ0v) is 10.7. The van der Waals surface area contributed by atoms with E-state index in [0.717, 1.165) is 36.8 Å². The molecular weight excluding hydrogens is 226 g/mol. The second kappa shape index (κ2) is 4.40. The summed E-state index contributed by atoms with van der Waals surface area (Å²) in [6.07, 6.45) is 2.75. The summed E-state index contributed by atoms with van der Waals surface area (Å²) in [7, 11) is 0. The first-order valence-electron chi connectivity index (χ1n) is 6.35. The molecule has 0 atom stereocenters. The predicted octanol–water partition coefficient (Wildman–Crippen LogP) is 1.67. The number of aryl methyl sites for hydroxylation is 2. The smallest absolute Gasteiger partial charge is 0.225 e. The van der Waals surface area contributed by atoms with Crippen molar-refractivity contribution in [3.63, 3.8) is 0 Å². The van der Waals surface area contributed by atoms with Crippen LogP contribution in [-0.2, 0) is 6.42 Å². The molecule has 5 nitrogen and oxygen atoms in total. The average molecular weight is 243 g/mol. The quantitative estimate of drug-likeness (QED) is 0.891. The number of H-pyrrole nitrogens is 1. The van der Waals surface area contributed by atoms with Crippen molar-refractivity contribution in [1.82, 2.24) is 20.2 Å². The van der Waals surface area contributed by atoms with Gasteiger partial charge in [-0.1, -0.05) is 6.92 Å². The highest BCUT2D eigenvalue weighted by Gasteiger charge is 2.31. The molecule has 1 aliphatic rings. The Labute approximate surface area is 106 Å². The van der Waals surface area contributed by atoms with Crippen molar-refractivity contribution < 1.29 is 0 Å². The number of hydrogen-bond donors (Lipinski definition) is 1. The number of aromatic amines is 1. The molecule has 1 N–H and O–H groups in total. The zero-order valence-electron chi connectivity index (χ0n) is 10.7. The molecule has 1 aliphatic heterocycles. The lowest BCUT2D eigenvalue weighted by Crippen LogP contribution is -2.46. The van der Waals surface area contributed by atoms with Crippen LogP contribution < -0.4 is 4.90 Å². The second-order valence-electron chi connectivity index (χ2n) is 4.77. The van der Waals surface area contributed by atoms with Crippen molar-refractivity contribution in [3.05, 3.63) is 35.4 Å².